The zero-order chi connectivity index (χ0) is 20.2. The quantitative estimate of drug-likeness (QED) is 0.738. The first-order valence-corrected chi connectivity index (χ1v) is 9.36. The van der Waals surface area contributed by atoms with Crippen LogP contribution in [0, 0.1) is 0 Å². The molecular formula is C17H23N3O6S. The lowest BCUT2D eigenvalue weighted by Crippen LogP contribution is -2.49. The molecule has 27 heavy (non-hydrogen) atoms. The van der Waals surface area contributed by atoms with Crippen molar-refractivity contribution in [3.8, 4) is 0 Å². The third-order valence-electron chi connectivity index (χ3n) is 3.51. The van der Waals surface area contributed by atoms with Crippen LogP contribution in [0.2, 0.25) is 0 Å². The van der Waals surface area contributed by atoms with Gasteiger partial charge in [0, 0.05) is 18.2 Å². The second-order valence-electron chi connectivity index (χ2n) is 7.00. The number of ether oxygens (including phenoxy) is 1. The highest BCUT2D eigenvalue weighted by Crippen LogP contribution is 2.41. The van der Waals surface area contributed by atoms with Gasteiger partial charge in [-0.1, -0.05) is 0 Å². The number of esters is 1. The summed E-state index contributed by atoms with van der Waals surface area (Å²) in [5.74, 6) is -0.902. The fraction of sp³-hybridized carbons (Fsp3) is 0.529. The third-order valence-corrected chi connectivity index (χ3v) is 4.79. The molecule has 0 aromatic carbocycles. The summed E-state index contributed by atoms with van der Waals surface area (Å²) in [5.41, 5.74) is -0.509. The molecule has 2 N–H and O–H groups in total. The van der Waals surface area contributed by atoms with Gasteiger partial charge in [0.2, 0.25) is 5.91 Å². The Morgan fingerprint density at radius 2 is 2.04 bits per heavy atom. The van der Waals surface area contributed by atoms with Gasteiger partial charge in [-0.3, -0.25) is 14.9 Å². The lowest BCUT2D eigenvalue weighted by Gasteiger charge is -2.25. The van der Waals surface area contributed by atoms with E-state index in [1.54, 1.807) is 32.9 Å². The SMILES string of the molecule is CC(=O)N1[C@@H](c2ccco2)SC[C@H]1C(=O)OCC(=O)NC(=O)NC(C)(C)C. The molecule has 1 aliphatic heterocycles. The Morgan fingerprint density at radius 3 is 2.59 bits per heavy atom. The molecule has 1 saturated heterocycles. The van der Waals surface area contributed by atoms with Crippen LogP contribution in [0.25, 0.3) is 0 Å². The third kappa shape index (κ3) is 5.75. The molecule has 0 spiro atoms. The van der Waals surface area contributed by atoms with Crippen LogP contribution < -0.4 is 10.6 Å². The molecule has 4 amide bonds. The number of nitrogens with zero attached hydrogens (tertiary/aromatic N) is 1. The van der Waals surface area contributed by atoms with E-state index in [4.69, 9.17) is 9.15 Å². The molecule has 2 rings (SSSR count). The molecule has 0 saturated carbocycles. The molecule has 0 bridgehead atoms. The first-order chi connectivity index (χ1) is 12.6. The van der Waals surface area contributed by atoms with Crippen LogP contribution in [0.1, 0.15) is 38.8 Å². The van der Waals surface area contributed by atoms with Gasteiger partial charge in [0.05, 0.1) is 6.26 Å². The molecule has 148 valence electrons. The van der Waals surface area contributed by atoms with Crippen LogP contribution in [0.15, 0.2) is 22.8 Å². The van der Waals surface area contributed by atoms with Gasteiger partial charge in [-0.15, -0.1) is 11.8 Å². The van der Waals surface area contributed by atoms with Gasteiger partial charge < -0.3 is 19.4 Å². The molecule has 2 atom stereocenters. The van der Waals surface area contributed by atoms with Crippen molar-refractivity contribution in [2.24, 2.45) is 0 Å². The van der Waals surface area contributed by atoms with E-state index in [-0.39, 0.29) is 5.91 Å². The summed E-state index contributed by atoms with van der Waals surface area (Å²) < 4.78 is 10.3. The Kier molecular flexibility index (Phi) is 6.53. The molecule has 2 heterocycles. The summed E-state index contributed by atoms with van der Waals surface area (Å²) >= 11 is 1.37. The molecule has 0 unspecified atom stereocenters. The number of carbonyl (C=O) groups is 4. The van der Waals surface area contributed by atoms with E-state index in [0.29, 0.717) is 11.5 Å². The monoisotopic (exact) mass is 397 g/mol. The Balaban J connectivity index is 1.90. The maximum atomic E-state index is 12.4. The number of thioether (sulfide) groups is 1. The van der Waals surface area contributed by atoms with Crippen molar-refractivity contribution in [3.63, 3.8) is 0 Å². The summed E-state index contributed by atoms with van der Waals surface area (Å²) in [6, 6.07) is 1.91. The Morgan fingerprint density at radius 1 is 1.33 bits per heavy atom. The normalized spacial score (nSPS) is 19.5. The van der Waals surface area contributed by atoms with Gasteiger partial charge in [0.1, 0.15) is 17.2 Å². The summed E-state index contributed by atoms with van der Waals surface area (Å²) in [4.78, 5) is 49.1. The van der Waals surface area contributed by atoms with Gasteiger partial charge in [-0.2, -0.15) is 0 Å². The summed E-state index contributed by atoms with van der Waals surface area (Å²) in [5, 5.41) is 4.21. The number of hydrogen-bond donors (Lipinski definition) is 2. The lowest BCUT2D eigenvalue weighted by molar-refractivity contribution is -0.156. The van der Waals surface area contributed by atoms with E-state index >= 15 is 0 Å². The number of urea groups is 1. The minimum Gasteiger partial charge on any atom is -0.466 e. The Hall–Kier alpha value is -2.49. The average molecular weight is 397 g/mol. The number of nitrogens with one attached hydrogen (secondary N) is 2. The minimum atomic E-state index is -0.834. The molecule has 0 aliphatic carbocycles. The van der Waals surface area contributed by atoms with E-state index in [9.17, 15) is 19.2 Å². The van der Waals surface area contributed by atoms with Gasteiger partial charge in [0.25, 0.3) is 5.91 Å². The highest BCUT2D eigenvalue weighted by molar-refractivity contribution is 7.99. The highest BCUT2D eigenvalue weighted by atomic mass is 32.2. The van der Waals surface area contributed by atoms with E-state index < -0.39 is 41.5 Å². The number of furan rings is 1. The van der Waals surface area contributed by atoms with Crippen molar-refractivity contribution in [1.82, 2.24) is 15.5 Å². The molecule has 1 aliphatic rings. The molecular weight excluding hydrogens is 374 g/mol. The standard InChI is InChI=1S/C17H23N3O6S/c1-10(21)20-11(9-27-14(20)12-6-5-7-25-12)15(23)26-8-13(22)18-16(24)19-17(2,3)4/h5-7,11,14H,8-9H2,1-4H3,(H2,18,19,22,24)/t11-,14+/m0/s1. The van der Waals surface area contributed by atoms with Crippen molar-refractivity contribution in [2.75, 3.05) is 12.4 Å². The summed E-state index contributed by atoms with van der Waals surface area (Å²) in [7, 11) is 0. The number of carbonyl (C=O) groups excluding carboxylic acids is 4. The smallest absolute Gasteiger partial charge is 0.330 e. The van der Waals surface area contributed by atoms with Crippen LogP contribution in [0.3, 0.4) is 0 Å². The topological polar surface area (TPSA) is 118 Å². The fourth-order valence-corrected chi connectivity index (χ4v) is 3.91. The van der Waals surface area contributed by atoms with Crippen LogP contribution in [-0.4, -0.2) is 52.7 Å². The lowest BCUT2D eigenvalue weighted by atomic mass is 10.1. The first kappa shape index (κ1) is 20.8. The molecule has 1 aromatic rings. The number of rotatable bonds is 4. The van der Waals surface area contributed by atoms with E-state index in [2.05, 4.69) is 10.6 Å². The number of amides is 4. The average Bonchev–Trinajstić information content (AvgIpc) is 3.18. The van der Waals surface area contributed by atoms with Crippen molar-refractivity contribution >= 4 is 35.6 Å². The van der Waals surface area contributed by atoms with Crippen LogP contribution >= 0.6 is 11.8 Å². The van der Waals surface area contributed by atoms with Crippen LogP contribution in [0.4, 0.5) is 4.79 Å². The number of imide groups is 1. The predicted molar refractivity (Wildman–Crippen MR) is 97.6 cm³/mol. The largest absolute Gasteiger partial charge is 0.466 e. The van der Waals surface area contributed by atoms with E-state index in [1.807, 2.05) is 0 Å². The van der Waals surface area contributed by atoms with Gasteiger partial charge in [-0.05, 0) is 32.9 Å². The predicted octanol–water partition coefficient (Wildman–Crippen LogP) is 1.41. The fourth-order valence-electron chi connectivity index (χ4n) is 2.49. The summed E-state index contributed by atoms with van der Waals surface area (Å²) in [6.07, 6.45) is 1.49. The number of hydrogen-bond acceptors (Lipinski definition) is 7. The van der Waals surface area contributed by atoms with Crippen molar-refractivity contribution in [1.29, 1.82) is 0 Å². The van der Waals surface area contributed by atoms with Crippen molar-refractivity contribution in [3.05, 3.63) is 24.2 Å². The Bertz CT molecular complexity index is 713. The zero-order valence-electron chi connectivity index (χ0n) is 15.6. The molecule has 0 radical (unpaired) electrons. The van der Waals surface area contributed by atoms with E-state index in [0.717, 1.165) is 0 Å². The maximum absolute atomic E-state index is 12.4. The van der Waals surface area contributed by atoms with Gasteiger partial charge in [-0.25, -0.2) is 9.59 Å². The summed E-state index contributed by atoms with van der Waals surface area (Å²) in [6.45, 7) is 6.03. The van der Waals surface area contributed by atoms with Crippen molar-refractivity contribution in [2.45, 2.75) is 44.6 Å². The zero-order valence-corrected chi connectivity index (χ0v) is 16.4. The Labute approximate surface area is 161 Å². The molecule has 1 aromatic heterocycles. The van der Waals surface area contributed by atoms with Gasteiger partial charge >= 0.3 is 12.0 Å². The second kappa shape index (κ2) is 8.47. The molecule has 10 heteroatoms. The molecule has 1 fully saturated rings. The minimum absolute atomic E-state index is 0.308. The highest BCUT2D eigenvalue weighted by Gasteiger charge is 2.43. The van der Waals surface area contributed by atoms with Gasteiger partial charge in [0.15, 0.2) is 6.61 Å². The first-order valence-electron chi connectivity index (χ1n) is 8.31. The van der Waals surface area contributed by atoms with Crippen LogP contribution in [0.5, 0.6) is 0 Å². The maximum Gasteiger partial charge on any atom is 0.330 e. The van der Waals surface area contributed by atoms with Crippen LogP contribution in [-0.2, 0) is 19.1 Å². The second-order valence-corrected chi connectivity index (χ2v) is 8.12. The molecule has 9 nitrogen and oxygen atoms in total. The van der Waals surface area contributed by atoms with E-state index in [1.165, 1.54) is 29.8 Å². The van der Waals surface area contributed by atoms with Crippen molar-refractivity contribution < 1.29 is 28.3 Å².